The molecule has 0 aliphatic rings. The molecule has 104 valence electrons. The van der Waals surface area contributed by atoms with Gasteiger partial charge in [-0.2, -0.15) is 0 Å². The maximum Gasteiger partial charge on any atom is 0.255 e. The molecule has 2 aromatic carbocycles. The molecule has 0 aliphatic carbocycles. The van der Waals surface area contributed by atoms with Gasteiger partial charge in [0, 0.05) is 11.3 Å². The molecule has 0 bridgehead atoms. The Balaban J connectivity index is 2.19. The van der Waals surface area contributed by atoms with Gasteiger partial charge < -0.3 is 20.9 Å². The Morgan fingerprint density at radius 2 is 2.05 bits per heavy atom. The molecule has 0 spiro atoms. The zero-order valence-corrected chi connectivity index (χ0v) is 11.4. The number of carbonyl (C=O) groups excluding carboxylic acids is 1. The van der Waals surface area contributed by atoms with Crippen LogP contribution in [-0.2, 0) is 0 Å². The number of ether oxygens (including phenoxy) is 1. The van der Waals surface area contributed by atoms with E-state index in [0.29, 0.717) is 22.7 Å². The topological polar surface area (TPSA) is 84.6 Å². The second-order valence-corrected chi connectivity index (χ2v) is 4.48. The van der Waals surface area contributed by atoms with Crippen LogP contribution in [-0.4, -0.2) is 18.1 Å². The van der Waals surface area contributed by atoms with E-state index in [9.17, 15) is 9.90 Å². The van der Waals surface area contributed by atoms with Gasteiger partial charge in [0.2, 0.25) is 0 Å². The van der Waals surface area contributed by atoms with Gasteiger partial charge in [-0.3, -0.25) is 4.79 Å². The summed E-state index contributed by atoms with van der Waals surface area (Å²) in [6, 6.07) is 9.16. The highest BCUT2D eigenvalue weighted by molar-refractivity contribution is 6.32. The van der Waals surface area contributed by atoms with E-state index in [2.05, 4.69) is 5.32 Å². The summed E-state index contributed by atoms with van der Waals surface area (Å²) in [5.41, 5.74) is 7.06. The zero-order chi connectivity index (χ0) is 14.7. The highest BCUT2D eigenvalue weighted by Crippen LogP contribution is 2.26. The number of hydrogen-bond acceptors (Lipinski definition) is 4. The Labute approximate surface area is 120 Å². The van der Waals surface area contributed by atoms with Gasteiger partial charge in [-0.15, -0.1) is 0 Å². The molecule has 0 saturated heterocycles. The fraction of sp³-hybridized carbons (Fsp3) is 0.0714. The average molecular weight is 293 g/mol. The Bertz CT molecular complexity index is 659. The molecule has 2 rings (SSSR count). The number of amides is 1. The normalized spacial score (nSPS) is 10.1. The van der Waals surface area contributed by atoms with Crippen LogP contribution in [0.15, 0.2) is 36.4 Å². The van der Waals surface area contributed by atoms with Crippen LogP contribution >= 0.6 is 11.6 Å². The van der Waals surface area contributed by atoms with Crippen molar-refractivity contribution in [3.8, 4) is 11.5 Å². The zero-order valence-electron chi connectivity index (χ0n) is 10.7. The smallest absolute Gasteiger partial charge is 0.255 e. The standard InChI is InChI=1S/C14H13ClN2O3/c1-20-13-5-3-9(7-11(13)16)17-14(19)8-2-4-12(18)10(15)6-8/h2-7,18H,16H2,1H3,(H,17,19). The molecule has 5 nitrogen and oxygen atoms in total. The minimum absolute atomic E-state index is 0.0723. The van der Waals surface area contributed by atoms with E-state index in [4.69, 9.17) is 22.1 Å². The minimum Gasteiger partial charge on any atom is -0.506 e. The molecule has 2 aromatic rings. The van der Waals surface area contributed by atoms with Crippen molar-refractivity contribution in [3.05, 3.63) is 47.0 Å². The number of hydrogen-bond donors (Lipinski definition) is 3. The van der Waals surface area contributed by atoms with Crippen LogP contribution in [0.1, 0.15) is 10.4 Å². The number of phenolic OH excluding ortho intramolecular Hbond substituents is 1. The second kappa shape index (κ2) is 5.71. The lowest BCUT2D eigenvalue weighted by Crippen LogP contribution is -2.12. The Morgan fingerprint density at radius 1 is 1.30 bits per heavy atom. The molecule has 0 fully saturated rings. The quantitative estimate of drug-likeness (QED) is 0.759. The third kappa shape index (κ3) is 2.95. The number of nitrogens with one attached hydrogen (secondary N) is 1. The summed E-state index contributed by atoms with van der Waals surface area (Å²) in [5, 5.41) is 12.1. The first-order chi connectivity index (χ1) is 9.51. The fourth-order valence-corrected chi connectivity index (χ4v) is 1.84. The number of aromatic hydroxyl groups is 1. The van der Waals surface area contributed by atoms with E-state index >= 15 is 0 Å². The summed E-state index contributed by atoms with van der Waals surface area (Å²) in [5.74, 6) is 0.115. The Morgan fingerprint density at radius 3 is 2.65 bits per heavy atom. The fourth-order valence-electron chi connectivity index (χ4n) is 1.66. The van der Waals surface area contributed by atoms with Crippen LogP contribution in [0, 0.1) is 0 Å². The lowest BCUT2D eigenvalue weighted by Gasteiger charge is -2.09. The molecule has 1 amide bonds. The molecular weight excluding hydrogens is 280 g/mol. The van der Waals surface area contributed by atoms with Gasteiger partial charge in [0.05, 0.1) is 17.8 Å². The van der Waals surface area contributed by atoms with E-state index in [1.54, 1.807) is 18.2 Å². The molecule has 0 atom stereocenters. The van der Waals surface area contributed by atoms with Crippen molar-refractivity contribution in [2.45, 2.75) is 0 Å². The molecule has 4 N–H and O–H groups in total. The van der Waals surface area contributed by atoms with Crippen LogP contribution in [0.2, 0.25) is 5.02 Å². The summed E-state index contributed by atoms with van der Waals surface area (Å²) in [6.07, 6.45) is 0. The number of anilines is 2. The molecule has 0 aromatic heterocycles. The van der Waals surface area contributed by atoms with Crippen molar-refractivity contribution >= 4 is 28.9 Å². The van der Waals surface area contributed by atoms with Crippen LogP contribution in [0.3, 0.4) is 0 Å². The molecule has 20 heavy (non-hydrogen) atoms. The van der Waals surface area contributed by atoms with Crippen LogP contribution in [0.5, 0.6) is 11.5 Å². The third-order valence-corrected chi connectivity index (χ3v) is 3.00. The van der Waals surface area contributed by atoms with E-state index in [1.165, 1.54) is 25.3 Å². The summed E-state index contributed by atoms with van der Waals surface area (Å²) < 4.78 is 5.04. The summed E-state index contributed by atoms with van der Waals surface area (Å²) >= 11 is 5.76. The number of benzene rings is 2. The van der Waals surface area contributed by atoms with E-state index in [1.807, 2.05) is 0 Å². The first kappa shape index (κ1) is 14.0. The van der Waals surface area contributed by atoms with Crippen molar-refractivity contribution in [2.24, 2.45) is 0 Å². The molecular formula is C14H13ClN2O3. The van der Waals surface area contributed by atoms with Gasteiger partial charge in [-0.05, 0) is 36.4 Å². The molecule has 0 radical (unpaired) electrons. The summed E-state index contributed by atoms with van der Waals surface area (Å²) in [6.45, 7) is 0. The van der Waals surface area contributed by atoms with Gasteiger partial charge in [0.25, 0.3) is 5.91 Å². The van der Waals surface area contributed by atoms with Crippen molar-refractivity contribution in [1.82, 2.24) is 0 Å². The van der Waals surface area contributed by atoms with Crippen molar-refractivity contribution in [3.63, 3.8) is 0 Å². The predicted octanol–water partition coefficient (Wildman–Crippen LogP) is 2.89. The molecule has 0 unspecified atom stereocenters. The monoisotopic (exact) mass is 292 g/mol. The van der Waals surface area contributed by atoms with Gasteiger partial charge in [0.1, 0.15) is 11.5 Å². The van der Waals surface area contributed by atoms with Gasteiger partial charge in [-0.1, -0.05) is 11.6 Å². The lowest BCUT2D eigenvalue weighted by molar-refractivity contribution is 0.102. The Hall–Kier alpha value is -2.40. The number of nitrogen functional groups attached to an aromatic ring is 1. The maximum atomic E-state index is 12.0. The Kier molecular flexibility index (Phi) is 4.00. The van der Waals surface area contributed by atoms with Gasteiger partial charge in [-0.25, -0.2) is 0 Å². The number of rotatable bonds is 3. The highest BCUT2D eigenvalue weighted by Gasteiger charge is 2.09. The lowest BCUT2D eigenvalue weighted by atomic mass is 10.2. The predicted molar refractivity (Wildman–Crippen MR) is 78.5 cm³/mol. The van der Waals surface area contributed by atoms with Crippen molar-refractivity contribution in [2.75, 3.05) is 18.2 Å². The first-order valence-corrected chi connectivity index (χ1v) is 6.12. The van der Waals surface area contributed by atoms with Crippen LogP contribution in [0.25, 0.3) is 0 Å². The second-order valence-electron chi connectivity index (χ2n) is 4.08. The van der Waals surface area contributed by atoms with E-state index < -0.39 is 0 Å². The number of methoxy groups -OCH3 is 1. The maximum absolute atomic E-state index is 12.0. The van der Waals surface area contributed by atoms with Gasteiger partial charge >= 0.3 is 0 Å². The minimum atomic E-state index is -0.350. The van der Waals surface area contributed by atoms with Crippen molar-refractivity contribution in [1.29, 1.82) is 0 Å². The number of phenols is 1. The first-order valence-electron chi connectivity index (χ1n) is 5.74. The third-order valence-electron chi connectivity index (χ3n) is 2.70. The van der Waals surface area contributed by atoms with E-state index in [0.717, 1.165) is 0 Å². The molecule has 6 heteroatoms. The summed E-state index contributed by atoms with van der Waals surface area (Å²) in [4.78, 5) is 12.0. The molecule has 0 saturated carbocycles. The van der Waals surface area contributed by atoms with Crippen LogP contribution in [0.4, 0.5) is 11.4 Å². The van der Waals surface area contributed by atoms with Crippen molar-refractivity contribution < 1.29 is 14.6 Å². The summed E-state index contributed by atoms with van der Waals surface area (Å²) in [7, 11) is 1.52. The number of halogens is 1. The SMILES string of the molecule is COc1ccc(NC(=O)c2ccc(O)c(Cl)c2)cc1N. The van der Waals surface area contributed by atoms with E-state index in [-0.39, 0.29) is 16.7 Å². The van der Waals surface area contributed by atoms with Gasteiger partial charge in [0.15, 0.2) is 0 Å². The largest absolute Gasteiger partial charge is 0.506 e. The molecule has 0 heterocycles. The molecule has 0 aliphatic heterocycles. The number of carbonyl (C=O) groups is 1. The number of nitrogens with two attached hydrogens (primary N) is 1. The highest BCUT2D eigenvalue weighted by atomic mass is 35.5. The van der Waals surface area contributed by atoms with Crippen LogP contribution < -0.4 is 15.8 Å². The average Bonchev–Trinajstić information content (AvgIpc) is 2.42.